The number of halogens is 1. The van der Waals surface area contributed by atoms with Gasteiger partial charge in [-0.3, -0.25) is 9.79 Å². The molecular formula is C20H33IN6OS. The normalized spacial score (nSPS) is 22.2. The van der Waals surface area contributed by atoms with Crippen LogP contribution in [-0.2, 0) is 4.79 Å². The molecule has 1 saturated heterocycles. The smallest absolute Gasteiger partial charge is 0.224 e. The predicted molar refractivity (Wildman–Crippen MR) is 133 cm³/mol. The van der Waals surface area contributed by atoms with E-state index in [4.69, 9.17) is 0 Å². The molecule has 1 amide bonds. The van der Waals surface area contributed by atoms with E-state index in [1.165, 1.54) is 19.3 Å². The van der Waals surface area contributed by atoms with E-state index in [-0.39, 0.29) is 29.9 Å². The SMILES string of the molecule is CN=C(NCCC(=O)N1CCN(c2ccccn2)CC1)NC1CCC(SC)C1.I. The van der Waals surface area contributed by atoms with Crippen LogP contribution in [0.3, 0.4) is 0 Å². The van der Waals surface area contributed by atoms with E-state index in [9.17, 15) is 4.79 Å². The molecule has 1 aliphatic heterocycles. The van der Waals surface area contributed by atoms with Crippen LogP contribution in [0.25, 0.3) is 0 Å². The number of anilines is 1. The number of pyridine rings is 1. The van der Waals surface area contributed by atoms with Crippen molar-refractivity contribution in [3.05, 3.63) is 24.4 Å². The standard InChI is InChI=1S/C20H32N6OS.HI/c1-21-20(24-16-6-7-17(15-16)28-2)23-10-8-19(27)26-13-11-25(12-14-26)18-5-3-4-9-22-18;/h3-5,9,16-17H,6-8,10-15H2,1-2H3,(H2,21,23,24);1H. The monoisotopic (exact) mass is 532 g/mol. The zero-order chi connectivity index (χ0) is 19.8. The van der Waals surface area contributed by atoms with Gasteiger partial charge in [0.1, 0.15) is 5.82 Å². The van der Waals surface area contributed by atoms with Gasteiger partial charge >= 0.3 is 0 Å². The van der Waals surface area contributed by atoms with E-state index in [1.807, 2.05) is 41.1 Å². The summed E-state index contributed by atoms with van der Waals surface area (Å²) >= 11 is 1.95. The first-order chi connectivity index (χ1) is 13.7. The Morgan fingerprint density at radius 1 is 1.28 bits per heavy atom. The molecule has 1 aromatic rings. The summed E-state index contributed by atoms with van der Waals surface area (Å²) in [7, 11) is 1.79. The average molecular weight is 532 g/mol. The van der Waals surface area contributed by atoms with Gasteiger partial charge in [-0.05, 0) is 37.7 Å². The molecule has 2 N–H and O–H groups in total. The molecule has 1 aliphatic carbocycles. The fourth-order valence-electron chi connectivity index (χ4n) is 3.84. The Morgan fingerprint density at radius 3 is 2.69 bits per heavy atom. The maximum absolute atomic E-state index is 12.5. The Kier molecular flexibility index (Phi) is 10.3. The molecule has 3 rings (SSSR count). The number of rotatable bonds is 6. The summed E-state index contributed by atoms with van der Waals surface area (Å²) in [5.74, 6) is 1.99. The van der Waals surface area contributed by atoms with E-state index >= 15 is 0 Å². The van der Waals surface area contributed by atoms with Crippen molar-refractivity contribution in [1.29, 1.82) is 0 Å². The van der Waals surface area contributed by atoms with Crippen LogP contribution in [-0.4, -0.2) is 79.1 Å². The molecule has 0 radical (unpaired) electrons. The van der Waals surface area contributed by atoms with Gasteiger partial charge in [0.25, 0.3) is 0 Å². The molecule has 9 heteroatoms. The van der Waals surface area contributed by atoms with Gasteiger partial charge in [-0.1, -0.05) is 6.07 Å². The van der Waals surface area contributed by atoms with Crippen molar-refractivity contribution in [2.24, 2.45) is 4.99 Å². The van der Waals surface area contributed by atoms with Crippen molar-refractivity contribution < 1.29 is 4.79 Å². The van der Waals surface area contributed by atoms with Gasteiger partial charge in [0.2, 0.25) is 5.91 Å². The van der Waals surface area contributed by atoms with Crippen LogP contribution < -0.4 is 15.5 Å². The van der Waals surface area contributed by atoms with Crippen molar-refractivity contribution >= 4 is 53.4 Å². The summed E-state index contributed by atoms with van der Waals surface area (Å²) in [5, 5.41) is 7.54. The molecular weight excluding hydrogens is 499 g/mol. The molecule has 162 valence electrons. The minimum Gasteiger partial charge on any atom is -0.356 e. The number of hydrogen-bond donors (Lipinski definition) is 2. The first-order valence-corrected chi connectivity index (χ1v) is 11.4. The lowest BCUT2D eigenvalue weighted by Gasteiger charge is -2.35. The van der Waals surface area contributed by atoms with Crippen molar-refractivity contribution in [3.63, 3.8) is 0 Å². The highest BCUT2D eigenvalue weighted by atomic mass is 127. The Morgan fingerprint density at radius 2 is 2.07 bits per heavy atom. The molecule has 7 nitrogen and oxygen atoms in total. The van der Waals surface area contributed by atoms with Gasteiger partial charge in [0.05, 0.1) is 0 Å². The molecule has 2 fully saturated rings. The Hall–Kier alpha value is -1.23. The lowest BCUT2D eigenvalue weighted by atomic mass is 10.2. The third-order valence-corrected chi connectivity index (χ3v) is 6.61. The first-order valence-electron chi connectivity index (χ1n) is 10.1. The van der Waals surface area contributed by atoms with Crippen LogP contribution in [0.4, 0.5) is 5.82 Å². The third kappa shape index (κ3) is 7.20. The van der Waals surface area contributed by atoms with Gasteiger partial charge in [-0.2, -0.15) is 11.8 Å². The molecule has 2 aliphatic rings. The number of aliphatic imine (C=N–C) groups is 1. The number of piperazine rings is 1. The number of carbonyl (C=O) groups excluding carboxylic acids is 1. The second kappa shape index (κ2) is 12.5. The number of aromatic nitrogens is 1. The minimum absolute atomic E-state index is 0. The average Bonchev–Trinajstić information content (AvgIpc) is 3.21. The maximum atomic E-state index is 12.5. The first kappa shape index (κ1) is 24.0. The number of amides is 1. The van der Waals surface area contributed by atoms with Crippen molar-refractivity contribution in [2.75, 3.05) is 50.9 Å². The van der Waals surface area contributed by atoms with E-state index in [1.54, 1.807) is 7.05 Å². The quantitative estimate of drug-likeness (QED) is 0.333. The van der Waals surface area contributed by atoms with Gasteiger partial charge in [0.15, 0.2) is 5.96 Å². The van der Waals surface area contributed by atoms with Crippen LogP contribution in [0.1, 0.15) is 25.7 Å². The van der Waals surface area contributed by atoms with Crippen LogP contribution in [0, 0.1) is 0 Å². The maximum Gasteiger partial charge on any atom is 0.224 e. The molecule has 29 heavy (non-hydrogen) atoms. The van der Waals surface area contributed by atoms with E-state index in [0.29, 0.717) is 19.0 Å². The van der Waals surface area contributed by atoms with E-state index in [0.717, 1.165) is 43.2 Å². The highest BCUT2D eigenvalue weighted by molar-refractivity contribution is 14.0. The highest BCUT2D eigenvalue weighted by Gasteiger charge is 2.25. The fourth-order valence-corrected chi connectivity index (χ4v) is 4.64. The number of hydrogen-bond acceptors (Lipinski definition) is 5. The van der Waals surface area contributed by atoms with E-state index < -0.39 is 0 Å². The second-order valence-corrected chi connectivity index (χ2v) is 8.45. The van der Waals surface area contributed by atoms with Gasteiger partial charge < -0.3 is 20.4 Å². The summed E-state index contributed by atoms with van der Waals surface area (Å²) in [6.07, 6.45) is 8.11. The number of carbonyl (C=O) groups is 1. The molecule has 2 heterocycles. The molecule has 1 aromatic heterocycles. The summed E-state index contributed by atoms with van der Waals surface area (Å²) in [6, 6.07) is 6.43. The zero-order valence-corrected chi connectivity index (χ0v) is 20.5. The Bertz CT molecular complexity index is 654. The Labute approximate surface area is 195 Å². The summed E-state index contributed by atoms with van der Waals surface area (Å²) < 4.78 is 0. The van der Waals surface area contributed by atoms with Crippen molar-refractivity contribution in [1.82, 2.24) is 20.5 Å². The van der Waals surface area contributed by atoms with Crippen LogP contribution in [0.5, 0.6) is 0 Å². The van der Waals surface area contributed by atoms with Crippen molar-refractivity contribution in [3.8, 4) is 0 Å². The highest BCUT2D eigenvalue weighted by Crippen LogP contribution is 2.28. The molecule has 2 unspecified atom stereocenters. The molecule has 0 aromatic carbocycles. The minimum atomic E-state index is 0. The number of guanidine groups is 1. The topological polar surface area (TPSA) is 72.9 Å². The van der Waals surface area contributed by atoms with Crippen molar-refractivity contribution in [2.45, 2.75) is 37.0 Å². The number of thioether (sulfide) groups is 1. The largest absolute Gasteiger partial charge is 0.356 e. The molecule has 2 atom stereocenters. The van der Waals surface area contributed by atoms with Crippen LogP contribution >= 0.6 is 35.7 Å². The lowest BCUT2D eigenvalue weighted by Crippen LogP contribution is -2.50. The fraction of sp³-hybridized carbons (Fsp3) is 0.650. The zero-order valence-electron chi connectivity index (χ0n) is 17.3. The van der Waals surface area contributed by atoms with Crippen LogP contribution in [0.15, 0.2) is 29.4 Å². The summed E-state index contributed by atoms with van der Waals surface area (Å²) in [5.41, 5.74) is 0. The third-order valence-electron chi connectivity index (χ3n) is 5.52. The molecule has 0 bridgehead atoms. The number of nitrogens with one attached hydrogen (secondary N) is 2. The number of nitrogens with zero attached hydrogens (tertiary/aromatic N) is 4. The van der Waals surface area contributed by atoms with Gasteiger partial charge in [0, 0.05) is 63.7 Å². The molecule has 1 saturated carbocycles. The lowest BCUT2D eigenvalue weighted by molar-refractivity contribution is -0.131. The summed E-state index contributed by atoms with van der Waals surface area (Å²) in [6.45, 7) is 3.77. The van der Waals surface area contributed by atoms with Gasteiger partial charge in [-0.25, -0.2) is 4.98 Å². The summed E-state index contributed by atoms with van der Waals surface area (Å²) in [4.78, 5) is 25.4. The molecule has 0 spiro atoms. The van der Waals surface area contributed by atoms with Gasteiger partial charge in [-0.15, -0.1) is 24.0 Å². The van der Waals surface area contributed by atoms with Crippen LogP contribution in [0.2, 0.25) is 0 Å². The second-order valence-electron chi connectivity index (χ2n) is 7.32. The predicted octanol–water partition coefficient (Wildman–Crippen LogP) is 2.19. The Balaban J connectivity index is 0.00000300. The van der Waals surface area contributed by atoms with E-state index in [2.05, 4.69) is 31.8 Å².